The Morgan fingerprint density at radius 1 is 1.30 bits per heavy atom. The molecule has 1 N–H and O–H groups in total. The summed E-state index contributed by atoms with van der Waals surface area (Å²) in [5.41, 5.74) is -0.474. The normalized spacial score (nSPS) is 18.6. The highest BCUT2D eigenvalue weighted by molar-refractivity contribution is 9.09. The van der Waals surface area contributed by atoms with Crippen LogP contribution < -0.4 is 5.32 Å². The standard InChI is InChI=1S/C13H23BrN2O4/c1-13(2,3)20-12(18)16-7-5-9(6-8-16)15-10(14)11(17)19-4/h9-10,15H,5-8H2,1-4H3. The average molecular weight is 351 g/mol. The summed E-state index contributed by atoms with van der Waals surface area (Å²) in [7, 11) is 1.35. The summed E-state index contributed by atoms with van der Waals surface area (Å²) in [5.74, 6) is -0.348. The van der Waals surface area contributed by atoms with Crippen LogP contribution in [0.25, 0.3) is 0 Å². The van der Waals surface area contributed by atoms with Gasteiger partial charge in [-0.15, -0.1) is 0 Å². The number of hydrogen-bond acceptors (Lipinski definition) is 5. The number of rotatable bonds is 3. The summed E-state index contributed by atoms with van der Waals surface area (Å²) in [5, 5.41) is 3.14. The van der Waals surface area contributed by atoms with Crippen molar-refractivity contribution in [2.45, 2.75) is 50.2 Å². The van der Waals surface area contributed by atoms with Gasteiger partial charge in [0.15, 0.2) is 4.95 Å². The number of carbonyl (C=O) groups excluding carboxylic acids is 2. The summed E-state index contributed by atoms with van der Waals surface area (Å²) >= 11 is 3.23. The molecule has 0 aromatic heterocycles. The first-order valence-electron chi connectivity index (χ1n) is 6.69. The van der Waals surface area contributed by atoms with Crippen LogP contribution in [0.1, 0.15) is 33.6 Å². The Hall–Kier alpha value is -0.820. The summed E-state index contributed by atoms with van der Waals surface area (Å²) in [6.07, 6.45) is 1.27. The van der Waals surface area contributed by atoms with Gasteiger partial charge in [-0.1, -0.05) is 15.9 Å². The lowest BCUT2D eigenvalue weighted by atomic mass is 10.1. The third kappa shape index (κ3) is 5.66. The van der Waals surface area contributed by atoms with Gasteiger partial charge in [0.2, 0.25) is 0 Å². The van der Waals surface area contributed by atoms with E-state index in [0.717, 1.165) is 12.8 Å². The van der Waals surface area contributed by atoms with Crippen LogP contribution in [0.4, 0.5) is 4.79 Å². The van der Waals surface area contributed by atoms with Gasteiger partial charge in [-0.2, -0.15) is 0 Å². The second-order valence-corrected chi connectivity index (χ2v) is 6.71. The lowest BCUT2D eigenvalue weighted by molar-refractivity contribution is -0.140. The van der Waals surface area contributed by atoms with Crippen molar-refractivity contribution in [3.63, 3.8) is 0 Å². The predicted molar refractivity (Wildman–Crippen MR) is 78.7 cm³/mol. The van der Waals surface area contributed by atoms with E-state index in [1.54, 1.807) is 4.90 Å². The van der Waals surface area contributed by atoms with Gasteiger partial charge < -0.3 is 14.4 Å². The number of carbonyl (C=O) groups is 2. The quantitative estimate of drug-likeness (QED) is 0.478. The maximum absolute atomic E-state index is 11.9. The number of piperidine rings is 1. The number of nitrogens with zero attached hydrogens (tertiary/aromatic N) is 1. The zero-order valence-electron chi connectivity index (χ0n) is 12.4. The Bertz CT molecular complexity index is 349. The Morgan fingerprint density at radius 2 is 1.85 bits per heavy atom. The maximum Gasteiger partial charge on any atom is 0.410 e. The number of halogens is 1. The Morgan fingerprint density at radius 3 is 2.30 bits per heavy atom. The van der Waals surface area contributed by atoms with Crippen LogP contribution in [-0.4, -0.2) is 53.8 Å². The Labute approximate surface area is 128 Å². The van der Waals surface area contributed by atoms with Gasteiger partial charge in [0.1, 0.15) is 5.60 Å². The molecule has 0 spiro atoms. The minimum atomic E-state index is -0.509. The molecule has 1 amide bonds. The maximum atomic E-state index is 11.9. The third-order valence-electron chi connectivity index (χ3n) is 2.94. The molecular weight excluding hydrogens is 328 g/mol. The molecule has 0 radical (unpaired) electrons. The predicted octanol–water partition coefficient (Wildman–Crippen LogP) is 1.87. The molecule has 6 nitrogen and oxygen atoms in total. The van der Waals surface area contributed by atoms with Crippen molar-refractivity contribution in [1.29, 1.82) is 0 Å². The van der Waals surface area contributed by atoms with Gasteiger partial charge in [-0.25, -0.2) is 9.59 Å². The van der Waals surface area contributed by atoms with Crippen molar-refractivity contribution < 1.29 is 19.1 Å². The first-order valence-corrected chi connectivity index (χ1v) is 7.60. The smallest absolute Gasteiger partial charge is 0.410 e. The van der Waals surface area contributed by atoms with Crippen molar-refractivity contribution in [3.8, 4) is 0 Å². The topological polar surface area (TPSA) is 67.9 Å². The molecule has 0 bridgehead atoms. The fraction of sp³-hybridized carbons (Fsp3) is 0.846. The van der Waals surface area contributed by atoms with Gasteiger partial charge in [0, 0.05) is 19.1 Å². The van der Waals surface area contributed by atoms with Crippen LogP contribution in [0.2, 0.25) is 0 Å². The van der Waals surface area contributed by atoms with Crippen LogP contribution in [0.15, 0.2) is 0 Å². The second-order valence-electron chi connectivity index (χ2n) is 5.79. The highest BCUT2D eigenvalue weighted by atomic mass is 79.9. The van der Waals surface area contributed by atoms with E-state index in [-0.39, 0.29) is 18.1 Å². The molecule has 1 atom stereocenters. The molecule has 1 rings (SSSR count). The molecule has 116 valence electrons. The van der Waals surface area contributed by atoms with Crippen LogP contribution in [0, 0.1) is 0 Å². The fourth-order valence-electron chi connectivity index (χ4n) is 1.93. The number of amides is 1. The molecule has 1 unspecified atom stereocenters. The van der Waals surface area contributed by atoms with Gasteiger partial charge in [-0.05, 0) is 33.6 Å². The molecule has 20 heavy (non-hydrogen) atoms. The molecule has 1 fully saturated rings. The average Bonchev–Trinajstić information content (AvgIpc) is 2.36. The number of nitrogens with one attached hydrogen (secondary N) is 1. The molecule has 1 aliphatic rings. The van der Waals surface area contributed by atoms with E-state index in [0.29, 0.717) is 13.1 Å². The van der Waals surface area contributed by atoms with Crippen molar-refractivity contribution in [2.24, 2.45) is 0 Å². The zero-order valence-corrected chi connectivity index (χ0v) is 14.0. The highest BCUT2D eigenvalue weighted by Gasteiger charge is 2.28. The molecule has 0 aromatic rings. The van der Waals surface area contributed by atoms with E-state index in [9.17, 15) is 9.59 Å². The first kappa shape index (κ1) is 17.2. The van der Waals surface area contributed by atoms with E-state index < -0.39 is 10.6 Å². The van der Waals surface area contributed by atoms with Gasteiger partial charge >= 0.3 is 12.1 Å². The van der Waals surface area contributed by atoms with Gasteiger partial charge in [-0.3, -0.25) is 5.32 Å². The monoisotopic (exact) mass is 350 g/mol. The van der Waals surface area contributed by atoms with Gasteiger partial charge in [0.25, 0.3) is 0 Å². The first-order chi connectivity index (χ1) is 9.23. The Balaban J connectivity index is 2.36. The largest absolute Gasteiger partial charge is 0.467 e. The minimum Gasteiger partial charge on any atom is -0.467 e. The number of alkyl halides is 1. The second kappa shape index (κ2) is 7.26. The molecule has 1 heterocycles. The summed E-state index contributed by atoms with van der Waals surface area (Å²) < 4.78 is 9.97. The summed E-state index contributed by atoms with van der Waals surface area (Å²) in [4.78, 5) is 24.4. The number of esters is 1. The summed E-state index contributed by atoms with van der Waals surface area (Å²) in [6.45, 7) is 6.79. The molecule has 7 heteroatoms. The molecule has 1 saturated heterocycles. The number of likely N-dealkylation sites (tertiary alicyclic amines) is 1. The number of methoxy groups -OCH3 is 1. The van der Waals surface area contributed by atoms with Crippen LogP contribution in [0.5, 0.6) is 0 Å². The van der Waals surface area contributed by atoms with Gasteiger partial charge in [0.05, 0.1) is 7.11 Å². The number of ether oxygens (including phenoxy) is 2. The van der Waals surface area contributed by atoms with E-state index in [4.69, 9.17) is 4.74 Å². The van der Waals surface area contributed by atoms with Crippen molar-refractivity contribution in [3.05, 3.63) is 0 Å². The van der Waals surface area contributed by atoms with Crippen LogP contribution in [0.3, 0.4) is 0 Å². The molecule has 1 aliphatic heterocycles. The van der Waals surface area contributed by atoms with Crippen molar-refractivity contribution >= 4 is 28.0 Å². The fourth-order valence-corrected chi connectivity index (χ4v) is 2.49. The lowest BCUT2D eigenvalue weighted by Gasteiger charge is -2.34. The molecule has 0 aromatic carbocycles. The highest BCUT2D eigenvalue weighted by Crippen LogP contribution is 2.16. The van der Waals surface area contributed by atoms with Crippen molar-refractivity contribution in [1.82, 2.24) is 10.2 Å². The molecule has 0 aliphatic carbocycles. The third-order valence-corrected chi connectivity index (χ3v) is 3.57. The SMILES string of the molecule is COC(=O)C(Br)NC1CCN(C(=O)OC(C)(C)C)CC1. The Kier molecular flexibility index (Phi) is 6.26. The zero-order chi connectivity index (χ0) is 15.3. The van der Waals surface area contributed by atoms with E-state index >= 15 is 0 Å². The van der Waals surface area contributed by atoms with Crippen molar-refractivity contribution in [2.75, 3.05) is 20.2 Å². The summed E-state index contributed by atoms with van der Waals surface area (Å²) in [6, 6.07) is 0.178. The molecule has 0 saturated carbocycles. The van der Waals surface area contributed by atoms with E-state index in [2.05, 4.69) is 26.0 Å². The van der Waals surface area contributed by atoms with Crippen LogP contribution in [-0.2, 0) is 14.3 Å². The van der Waals surface area contributed by atoms with E-state index in [1.165, 1.54) is 7.11 Å². The minimum absolute atomic E-state index is 0.178. The number of hydrogen-bond donors (Lipinski definition) is 1. The molecular formula is C13H23BrN2O4. The van der Waals surface area contributed by atoms with Crippen LogP contribution >= 0.6 is 15.9 Å². The van der Waals surface area contributed by atoms with E-state index in [1.807, 2.05) is 20.8 Å². The lowest BCUT2D eigenvalue weighted by Crippen LogP contribution is -2.49.